The fourth-order valence-electron chi connectivity index (χ4n) is 4.64. The average molecular weight is 574 g/mol. The number of likely N-dealkylation sites (tertiary alicyclic amines) is 1. The molecular formula is C24H24FIN6O2. The third kappa shape index (κ3) is 4.09. The number of amides is 1. The summed E-state index contributed by atoms with van der Waals surface area (Å²) in [6, 6.07) is 4.56. The van der Waals surface area contributed by atoms with Crippen molar-refractivity contribution in [3.63, 3.8) is 0 Å². The number of nitrogens with one attached hydrogen (secondary N) is 1. The summed E-state index contributed by atoms with van der Waals surface area (Å²) in [5, 5.41) is 12.6. The summed E-state index contributed by atoms with van der Waals surface area (Å²) >= 11 is 2.20. The molecule has 10 heteroatoms. The van der Waals surface area contributed by atoms with Crippen LogP contribution in [0.25, 0.3) is 0 Å². The van der Waals surface area contributed by atoms with E-state index >= 15 is 0 Å². The molecule has 1 N–H and O–H groups in total. The highest BCUT2D eigenvalue weighted by Crippen LogP contribution is 2.32. The summed E-state index contributed by atoms with van der Waals surface area (Å²) < 4.78 is 24.5. The molecule has 1 amide bonds. The van der Waals surface area contributed by atoms with E-state index in [1.54, 1.807) is 23.2 Å². The third-order valence-corrected chi connectivity index (χ3v) is 6.96. The van der Waals surface area contributed by atoms with Crippen LogP contribution >= 0.6 is 22.6 Å². The predicted octanol–water partition coefficient (Wildman–Crippen LogP) is 3.68. The molecule has 34 heavy (non-hydrogen) atoms. The smallest absolute Gasteiger partial charge is 0.257 e. The van der Waals surface area contributed by atoms with Crippen molar-refractivity contribution >= 4 is 34.2 Å². The summed E-state index contributed by atoms with van der Waals surface area (Å²) in [5.74, 6) is -0.897. The van der Waals surface area contributed by atoms with Gasteiger partial charge in [0.05, 0.1) is 47.6 Å². The first kappa shape index (κ1) is 22.9. The van der Waals surface area contributed by atoms with E-state index in [0.717, 1.165) is 40.2 Å². The van der Waals surface area contributed by atoms with Gasteiger partial charge in [0.1, 0.15) is 5.82 Å². The van der Waals surface area contributed by atoms with E-state index < -0.39 is 5.82 Å². The quantitative estimate of drug-likeness (QED) is 0.564. The van der Waals surface area contributed by atoms with E-state index in [-0.39, 0.29) is 23.6 Å². The van der Waals surface area contributed by atoms with Gasteiger partial charge in [-0.25, -0.2) is 9.07 Å². The van der Waals surface area contributed by atoms with E-state index in [1.807, 2.05) is 8.76 Å². The van der Waals surface area contributed by atoms with E-state index in [2.05, 4.69) is 63.0 Å². The molecule has 2 unspecified atom stereocenters. The fraction of sp³-hybridized carbons (Fsp3) is 0.333. The molecule has 0 radical (unpaired) electrons. The van der Waals surface area contributed by atoms with Gasteiger partial charge in [-0.2, -0.15) is 5.10 Å². The van der Waals surface area contributed by atoms with Crippen LogP contribution in [0, 0.1) is 5.82 Å². The fourth-order valence-corrected chi connectivity index (χ4v) is 5.33. The van der Waals surface area contributed by atoms with Crippen LogP contribution in [-0.2, 0) is 17.8 Å². The molecule has 0 bridgehead atoms. The Morgan fingerprint density at radius 3 is 3.03 bits per heavy atom. The number of aromatic nitrogens is 3. The molecule has 1 fully saturated rings. The number of hydrazone groups is 1. The largest absolute Gasteiger partial charge is 0.368 e. The molecule has 1 aromatic heterocycles. The van der Waals surface area contributed by atoms with Gasteiger partial charge in [0.2, 0.25) is 0 Å². The Morgan fingerprint density at radius 1 is 1.38 bits per heavy atom. The third-order valence-electron chi connectivity index (χ3n) is 6.33. The first-order valence-corrected chi connectivity index (χ1v) is 12.4. The van der Waals surface area contributed by atoms with Gasteiger partial charge in [-0.1, -0.05) is 53.4 Å². The highest BCUT2D eigenvalue weighted by molar-refractivity contribution is 14.1. The lowest BCUT2D eigenvalue weighted by atomic mass is 9.93. The van der Waals surface area contributed by atoms with Gasteiger partial charge in [-0.05, 0) is 28.2 Å². The Morgan fingerprint density at radius 2 is 2.24 bits per heavy atom. The molecule has 0 saturated carbocycles. The number of hydrogen-bond donors (Lipinski definition) is 1. The summed E-state index contributed by atoms with van der Waals surface area (Å²) in [7, 11) is 0. The van der Waals surface area contributed by atoms with Gasteiger partial charge in [0, 0.05) is 30.7 Å². The zero-order valence-electron chi connectivity index (χ0n) is 18.7. The minimum atomic E-state index is -0.542. The summed E-state index contributed by atoms with van der Waals surface area (Å²) in [6.07, 6.45) is 4.91. The molecule has 1 aromatic carbocycles. The number of benzene rings is 1. The van der Waals surface area contributed by atoms with Gasteiger partial charge in [-0.3, -0.25) is 10.2 Å². The number of carbonyl (C=O) groups excluding carboxylic acids is 1. The maximum atomic E-state index is 14.8. The minimum absolute atomic E-state index is 0.0491. The van der Waals surface area contributed by atoms with E-state index in [1.165, 1.54) is 6.07 Å². The van der Waals surface area contributed by atoms with Crippen LogP contribution in [0.2, 0.25) is 0 Å². The van der Waals surface area contributed by atoms with E-state index in [9.17, 15) is 9.18 Å². The van der Waals surface area contributed by atoms with Crippen LogP contribution < -0.4 is 5.43 Å². The van der Waals surface area contributed by atoms with Gasteiger partial charge in [0.25, 0.3) is 5.91 Å². The van der Waals surface area contributed by atoms with Crippen molar-refractivity contribution in [2.24, 2.45) is 5.10 Å². The van der Waals surface area contributed by atoms with Crippen LogP contribution in [0.15, 0.2) is 63.1 Å². The van der Waals surface area contributed by atoms with Crippen molar-refractivity contribution in [1.29, 1.82) is 0 Å². The molecule has 176 valence electrons. The van der Waals surface area contributed by atoms with Crippen molar-refractivity contribution in [3.05, 3.63) is 80.6 Å². The molecule has 5 rings (SSSR count). The summed E-state index contributed by atoms with van der Waals surface area (Å²) in [6.45, 7) is 7.30. The lowest BCUT2D eigenvalue weighted by Gasteiger charge is -2.25. The number of ether oxygens (including phenoxy) is 1. The number of allylic oxidation sites excluding steroid dienone is 2. The first-order valence-electron chi connectivity index (χ1n) is 11.1. The number of carbonyl (C=O) groups is 1. The molecule has 2 aromatic rings. The van der Waals surface area contributed by atoms with Crippen LogP contribution in [-0.4, -0.2) is 50.7 Å². The van der Waals surface area contributed by atoms with Crippen LogP contribution in [0.1, 0.15) is 41.0 Å². The maximum Gasteiger partial charge on any atom is 0.257 e. The van der Waals surface area contributed by atoms with Crippen LogP contribution in [0.3, 0.4) is 0 Å². The zero-order valence-corrected chi connectivity index (χ0v) is 20.8. The second-order valence-corrected chi connectivity index (χ2v) is 9.11. The second-order valence-electron chi connectivity index (χ2n) is 8.49. The predicted molar refractivity (Wildman–Crippen MR) is 134 cm³/mol. The monoisotopic (exact) mass is 574 g/mol. The Hall–Kier alpha value is -2.86. The minimum Gasteiger partial charge on any atom is -0.368 e. The Labute approximate surface area is 210 Å². The van der Waals surface area contributed by atoms with E-state index in [4.69, 9.17) is 4.74 Å². The number of halogens is 2. The van der Waals surface area contributed by atoms with Gasteiger partial charge in [0.15, 0.2) is 0 Å². The molecule has 1 saturated heterocycles. The average Bonchev–Trinajstić information content (AvgIpc) is 3.49. The van der Waals surface area contributed by atoms with Crippen molar-refractivity contribution in [2.75, 3.05) is 13.1 Å². The SMILES string of the molecule is C=C1NN=C(Cc2ccc(F)c(C(=O)N3CC4OCc5cnnn5C4C3)c2)C(=C/I)/C1=C\CC. The Bertz CT molecular complexity index is 1250. The lowest BCUT2D eigenvalue weighted by Crippen LogP contribution is -2.32. The van der Waals surface area contributed by atoms with Gasteiger partial charge in [-0.15, -0.1) is 5.10 Å². The van der Waals surface area contributed by atoms with E-state index in [0.29, 0.717) is 26.1 Å². The Balaban J connectivity index is 1.37. The zero-order chi connectivity index (χ0) is 23.8. The molecule has 0 aliphatic carbocycles. The Kier molecular flexibility index (Phi) is 6.34. The highest BCUT2D eigenvalue weighted by atomic mass is 127. The van der Waals surface area contributed by atoms with Crippen molar-refractivity contribution < 1.29 is 13.9 Å². The lowest BCUT2D eigenvalue weighted by molar-refractivity contribution is -0.00489. The second kappa shape index (κ2) is 9.41. The molecule has 3 aliphatic heterocycles. The normalized spacial score (nSPS) is 24.1. The summed E-state index contributed by atoms with van der Waals surface area (Å²) in [5.41, 5.74) is 8.26. The number of fused-ring (bicyclic) bond motifs is 3. The topological polar surface area (TPSA) is 84.6 Å². The number of nitrogens with zero attached hydrogens (tertiary/aromatic N) is 5. The number of hydrogen-bond acceptors (Lipinski definition) is 6. The molecule has 3 aliphatic rings. The number of rotatable bonds is 4. The van der Waals surface area contributed by atoms with Crippen molar-refractivity contribution in [1.82, 2.24) is 25.3 Å². The molecule has 8 nitrogen and oxygen atoms in total. The maximum absolute atomic E-state index is 14.8. The molecule has 2 atom stereocenters. The summed E-state index contributed by atoms with van der Waals surface area (Å²) in [4.78, 5) is 15.0. The van der Waals surface area contributed by atoms with Crippen molar-refractivity contribution in [3.8, 4) is 0 Å². The standard InChI is InChI=1S/C24H24FIN6O2/c1-3-4-17-14(2)28-29-21(19(17)9-26)8-15-5-6-20(25)18(7-15)24(33)31-11-22-23(12-31)34-13-16-10-27-30-32(16)22/h4-7,9-10,22-23,28H,2-3,8,11-13H2,1H3/b17-4-,19-9+. The molecular weight excluding hydrogens is 550 g/mol. The van der Waals surface area contributed by atoms with Gasteiger partial charge < -0.3 is 9.64 Å². The molecule has 0 spiro atoms. The van der Waals surface area contributed by atoms with Gasteiger partial charge >= 0.3 is 0 Å². The highest BCUT2D eigenvalue weighted by Gasteiger charge is 2.42. The van der Waals surface area contributed by atoms with Crippen LogP contribution in [0.5, 0.6) is 0 Å². The molecule has 4 heterocycles. The first-order chi connectivity index (χ1) is 16.5. The van der Waals surface area contributed by atoms with Crippen molar-refractivity contribution in [2.45, 2.75) is 38.5 Å². The van der Waals surface area contributed by atoms with Crippen LogP contribution in [0.4, 0.5) is 4.39 Å².